The lowest BCUT2D eigenvalue weighted by Gasteiger charge is -2.26. The second kappa shape index (κ2) is 9.49. The summed E-state index contributed by atoms with van der Waals surface area (Å²) < 4.78 is 7.28. The van der Waals surface area contributed by atoms with Crippen LogP contribution in [0.15, 0.2) is 42.5 Å². The Morgan fingerprint density at radius 2 is 1.68 bits per heavy atom. The van der Waals surface area contributed by atoms with Gasteiger partial charge in [-0.25, -0.2) is 9.69 Å². The number of carbonyl (C=O) groups excluding carboxylic acids is 1. The normalized spacial score (nSPS) is 14.5. The highest BCUT2D eigenvalue weighted by atomic mass is 35.5. The van der Waals surface area contributed by atoms with Gasteiger partial charge in [0.25, 0.3) is 5.91 Å². The molecule has 1 N–H and O–H groups in total. The molecule has 0 saturated carbocycles. The number of nitrogens with one attached hydrogen (secondary N) is 1. The molecular weight excluding hydrogens is 459 g/mol. The highest BCUT2D eigenvalue weighted by Gasteiger charge is 2.28. The number of hydrazine groups is 1. The minimum absolute atomic E-state index is 0.170. The zero-order valence-electron chi connectivity index (χ0n) is 16.9. The molecule has 1 saturated heterocycles. The molecule has 4 rings (SSSR count). The molecule has 2 aromatic carbocycles. The van der Waals surface area contributed by atoms with E-state index in [1.807, 2.05) is 17.1 Å². The van der Waals surface area contributed by atoms with Gasteiger partial charge in [0.2, 0.25) is 0 Å². The van der Waals surface area contributed by atoms with Crippen LogP contribution in [-0.2, 0) is 0 Å². The SMILES string of the molecule is COc1c(C(=O)NN2CCCCC2)nn(-c2ccc(Cl)cc2Cl)c1-c1ccc(Cl)cc1. The van der Waals surface area contributed by atoms with Crippen molar-refractivity contribution < 1.29 is 9.53 Å². The third kappa shape index (κ3) is 4.67. The predicted octanol–water partition coefficient (Wildman–Crippen LogP) is 5.64. The summed E-state index contributed by atoms with van der Waals surface area (Å²) >= 11 is 18.6. The Kier molecular flexibility index (Phi) is 6.72. The van der Waals surface area contributed by atoms with Gasteiger partial charge in [0.05, 0.1) is 17.8 Å². The largest absolute Gasteiger partial charge is 0.492 e. The molecule has 1 aliphatic heterocycles. The molecule has 0 aliphatic carbocycles. The molecule has 0 bridgehead atoms. The molecule has 2 heterocycles. The molecule has 1 aromatic heterocycles. The van der Waals surface area contributed by atoms with Crippen LogP contribution >= 0.6 is 34.8 Å². The molecule has 3 aromatic rings. The molecule has 0 spiro atoms. The van der Waals surface area contributed by atoms with Crippen molar-refractivity contribution >= 4 is 40.7 Å². The lowest BCUT2D eigenvalue weighted by Crippen LogP contribution is -2.45. The standard InChI is InChI=1S/C22H21Cl3N4O2/c1-31-21-19(22(30)27-28-11-3-2-4-12-28)26-29(18-10-9-16(24)13-17(18)25)20(21)14-5-7-15(23)8-6-14/h5-10,13H,2-4,11-12H2,1H3,(H,27,30). The predicted molar refractivity (Wildman–Crippen MR) is 123 cm³/mol. The smallest absolute Gasteiger partial charge is 0.289 e. The Hall–Kier alpha value is -2.25. The van der Waals surface area contributed by atoms with Crippen molar-refractivity contribution in [2.75, 3.05) is 20.2 Å². The molecular formula is C22H21Cl3N4O2. The van der Waals surface area contributed by atoms with E-state index >= 15 is 0 Å². The lowest BCUT2D eigenvalue weighted by atomic mass is 10.1. The Balaban J connectivity index is 1.84. The van der Waals surface area contributed by atoms with Gasteiger partial charge in [-0.3, -0.25) is 10.2 Å². The van der Waals surface area contributed by atoms with E-state index in [9.17, 15) is 4.79 Å². The van der Waals surface area contributed by atoms with Gasteiger partial charge >= 0.3 is 0 Å². The quantitative estimate of drug-likeness (QED) is 0.514. The summed E-state index contributed by atoms with van der Waals surface area (Å²) in [5.41, 5.74) is 5.06. The van der Waals surface area contributed by atoms with Crippen molar-refractivity contribution in [3.63, 3.8) is 0 Å². The van der Waals surface area contributed by atoms with Crippen molar-refractivity contribution in [2.45, 2.75) is 19.3 Å². The van der Waals surface area contributed by atoms with Crippen molar-refractivity contribution in [2.24, 2.45) is 0 Å². The van der Waals surface area contributed by atoms with E-state index in [0.717, 1.165) is 31.5 Å². The van der Waals surface area contributed by atoms with Crippen LogP contribution in [0.1, 0.15) is 29.8 Å². The van der Waals surface area contributed by atoms with E-state index in [-0.39, 0.29) is 11.6 Å². The van der Waals surface area contributed by atoms with Gasteiger partial charge in [0.1, 0.15) is 5.69 Å². The Labute approximate surface area is 195 Å². The lowest BCUT2D eigenvalue weighted by molar-refractivity contribution is 0.0741. The maximum Gasteiger partial charge on any atom is 0.289 e. The monoisotopic (exact) mass is 478 g/mol. The molecule has 162 valence electrons. The van der Waals surface area contributed by atoms with E-state index in [4.69, 9.17) is 39.5 Å². The first-order chi connectivity index (χ1) is 15.0. The molecule has 31 heavy (non-hydrogen) atoms. The van der Waals surface area contributed by atoms with Crippen molar-refractivity contribution in [3.05, 3.63) is 63.2 Å². The van der Waals surface area contributed by atoms with E-state index in [2.05, 4.69) is 10.5 Å². The fourth-order valence-electron chi connectivity index (χ4n) is 3.64. The van der Waals surface area contributed by atoms with E-state index in [0.29, 0.717) is 32.2 Å². The molecule has 0 unspecified atom stereocenters. The van der Waals surface area contributed by atoms with Crippen LogP contribution in [0, 0.1) is 0 Å². The average Bonchev–Trinajstić information content (AvgIpc) is 3.14. The van der Waals surface area contributed by atoms with E-state index in [1.165, 1.54) is 13.5 Å². The van der Waals surface area contributed by atoms with Crippen LogP contribution in [0.5, 0.6) is 5.75 Å². The first-order valence-corrected chi connectivity index (χ1v) is 11.1. The number of piperidine rings is 1. The Bertz CT molecular complexity index is 1090. The summed E-state index contributed by atoms with van der Waals surface area (Å²) in [6.07, 6.45) is 3.25. The van der Waals surface area contributed by atoms with Gasteiger partial charge in [-0.1, -0.05) is 53.4 Å². The van der Waals surface area contributed by atoms with Gasteiger partial charge < -0.3 is 4.74 Å². The topological polar surface area (TPSA) is 59.4 Å². The second-order valence-electron chi connectivity index (χ2n) is 7.23. The minimum Gasteiger partial charge on any atom is -0.492 e. The summed E-state index contributed by atoms with van der Waals surface area (Å²) in [6.45, 7) is 1.61. The number of amides is 1. The summed E-state index contributed by atoms with van der Waals surface area (Å²) in [7, 11) is 1.52. The maximum absolute atomic E-state index is 13.1. The van der Waals surface area contributed by atoms with Crippen LogP contribution in [-0.4, -0.2) is 40.9 Å². The third-order valence-electron chi connectivity index (χ3n) is 5.13. The molecule has 0 atom stereocenters. The maximum atomic E-state index is 13.1. The van der Waals surface area contributed by atoms with E-state index in [1.54, 1.807) is 35.0 Å². The second-order valence-corrected chi connectivity index (χ2v) is 8.51. The number of methoxy groups -OCH3 is 1. The number of rotatable bonds is 5. The van der Waals surface area contributed by atoms with E-state index < -0.39 is 0 Å². The molecule has 1 aliphatic rings. The van der Waals surface area contributed by atoms with Gasteiger partial charge in [0.15, 0.2) is 11.4 Å². The van der Waals surface area contributed by atoms with Crippen LogP contribution in [0.3, 0.4) is 0 Å². The minimum atomic E-state index is -0.335. The molecule has 9 heteroatoms. The van der Waals surface area contributed by atoms with Crippen molar-refractivity contribution in [1.29, 1.82) is 0 Å². The third-order valence-corrected chi connectivity index (χ3v) is 5.92. The summed E-state index contributed by atoms with van der Waals surface area (Å²) in [6, 6.07) is 12.3. The highest BCUT2D eigenvalue weighted by Crippen LogP contribution is 2.38. The number of hydrogen-bond acceptors (Lipinski definition) is 4. The van der Waals surface area contributed by atoms with Gasteiger partial charge in [0, 0.05) is 28.7 Å². The zero-order valence-corrected chi connectivity index (χ0v) is 19.1. The first-order valence-electron chi connectivity index (χ1n) is 9.92. The molecule has 1 fully saturated rings. The van der Waals surface area contributed by atoms with Crippen LogP contribution in [0.2, 0.25) is 15.1 Å². The number of nitrogens with zero attached hydrogens (tertiary/aromatic N) is 3. The number of hydrogen-bond donors (Lipinski definition) is 1. The fraction of sp³-hybridized carbons (Fsp3) is 0.273. The van der Waals surface area contributed by atoms with Crippen molar-refractivity contribution in [1.82, 2.24) is 20.2 Å². The Morgan fingerprint density at radius 1 is 1.00 bits per heavy atom. The number of aromatic nitrogens is 2. The van der Waals surface area contributed by atoms with Crippen LogP contribution < -0.4 is 10.2 Å². The molecule has 0 radical (unpaired) electrons. The summed E-state index contributed by atoms with van der Waals surface area (Å²) in [5.74, 6) is 0.0145. The number of benzene rings is 2. The van der Waals surface area contributed by atoms with Gasteiger partial charge in [-0.15, -0.1) is 0 Å². The van der Waals surface area contributed by atoms with Gasteiger partial charge in [-0.05, 0) is 43.2 Å². The number of carbonyl (C=O) groups is 1. The van der Waals surface area contributed by atoms with Crippen LogP contribution in [0.25, 0.3) is 16.9 Å². The first kappa shape index (κ1) is 22.0. The Morgan fingerprint density at radius 3 is 2.32 bits per heavy atom. The molecule has 6 nitrogen and oxygen atoms in total. The highest BCUT2D eigenvalue weighted by molar-refractivity contribution is 6.35. The molecule has 1 amide bonds. The summed E-state index contributed by atoms with van der Waals surface area (Å²) in [5, 5.41) is 8.02. The fourth-order valence-corrected chi connectivity index (χ4v) is 4.25. The average molecular weight is 480 g/mol. The number of ether oxygens (including phenoxy) is 1. The zero-order chi connectivity index (χ0) is 22.0. The van der Waals surface area contributed by atoms with Crippen LogP contribution in [0.4, 0.5) is 0 Å². The summed E-state index contributed by atoms with van der Waals surface area (Å²) in [4.78, 5) is 13.1. The van der Waals surface area contributed by atoms with Crippen molar-refractivity contribution in [3.8, 4) is 22.7 Å². The van der Waals surface area contributed by atoms with Gasteiger partial charge in [-0.2, -0.15) is 5.10 Å². The number of halogens is 3.